The number of hydrogen-bond donors (Lipinski definition) is 1. The summed E-state index contributed by atoms with van der Waals surface area (Å²) in [6.07, 6.45) is 2.14. The second-order valence-corrected chi connectivity index (χ2v) is 6.35. The van der Waals surface area contributed by atoms with Crippen LogP contribution in [0, 0.1) is 0 Å². The number of esters is 1. The Morgan fingerprint density at radius 1 is 1.11 bits per heavy atom. The lowest BCUT2D eigenvalue weighted by atomic mass is 9.99. The normalized spacial score (nSPS) is 11.4. The van der Waals surface area contributed by atoms with Crippen LogP contribution in [0.15, 0.2) is 48.5 Å². The number of aldehydes is 1. The Balaban J connectivity index is 2.06. The lowest BCUT2D eigenvalue weighted by Crippen LogP contribution is -2.43. The fourth-order valence-corrected chi connectivity index (χ4v) is 2.69. The van der Waals surface area contributed by atoms with E-state index in [1.165, 1.54) is 7.11 Å². The standard InChI is InChI=1S/C22H25NO5/c1-3-4-12-28-22(26)23-20(21(25)27-2)14-16-8-10-18(11-9-16)19-7-5-6-17(13-19)15-24/h5-11,13,15,20H,3-4,12,14H2,1-2H3,(H,23,26). The second-order valence-electron chi connectivity index (χ2n) is 6.35. The summed E-state index contributed by atoms with van der Waals surface area (Å²) >= 11 is 0. The first kappa shape index (κ1) is 21.2. The first-order chi connectivity index (χ1) is 13.6. The van der Waals surface area contributed by atoms with Crippen molar-refractivity contribution in [2.24, 2.45) is 0 Å². The molecule has 6 nitrogen and oxygen atoms in total. The van der Waals surface area contributed by atoms with Gasteiger partial charge in [-0.05, 0) is 29.2 Å². The van der Waals surface area contributed by atoms with Crippen molar-refractivity contribution < 1.29 is 23.9 Å². The van der Waals surface area contributed by atoms with E-state index in [2.05, 4.69) is 5.32 Å². The average molecular weight is 383 g/mol. The molecule has 2 aromatic rings. The highest BCUT2D eigenvalue weighted by Gasteiger charge is 2.22. The number of methoxy groups -OCH3 is 1. The van der Waals surface area contributed by atoms with E-state index in [1.54, 1.807) is 6.07 Å². The number of hydrogen-bond acceptors (Lipinski definition) is 5. The van der Waals surface area contributed by atoms with Crippen molar-refractivity contribution >= 4 is 18.3 Å². The summed E-state index contributed by atoms with van der Waals surface area (Å²) in [5.41, 5.74) is 3.35. The highest BCUT2D eigenvalue weighted by Crippen LogP contribution is 2.21. The summed E-state index contributed by atoms with van der Waals surface area (Å²) in [5, 5.41) is 2.56. The van der Waals surface area contributed by atoms with E-state index >= 15 is 0 Å². The number of ether oxygens (including phenoxy) is 2. The fourth-order valence-electron chi connectivity index (χ4n) is 2.69. The first-order valence-electron chi connectivity index (χ1n) is 9.23. The molecule has 1 unspecified atom stereocenters. The Morgan fingerprint density at radius 3 is 2.50 bits per heavy atom. The van der Waals surface area contributed by atoms with Gasteiger partial charge in [-0.3, -0.25) is 4.79 Å². The molecule has 2 aromatic carbocycles. The third-order valence-corrected chi connectivity index (χ3v) is 4.26. The molecular weight excluding hydrogens is 358 g/mol. The minimum atomic E-state index is -0.830. The lowest BCUT2D eigenvalue weighted by molar-refractivity contribution is -0.143. The van der Waals surface area contributed by atoms with Gasteiger partial charge in [-0.1, -0.05) is 55.8 Å². The molecule has 0 radical (unpaired) electrons. The van der Waals surface area contributed by atoms with Crippen molar-refractivity contribution in [3.63, 3.8) is 0 Å². The average Bonchev–Trinajstić information content (AvgIpc) is 2.73. The van der Waals surface area contributed by atoms with Gasteiger partial charge in [0, 0.05) is 12.0 Å². The van der Waals surface area contributed by atoms with Crippen LogP contribution in [0.4, 0.5) is 4.79 Å². The highest BCUT2D eigenvalue weighted by atomic mass is 16.6. The Morgan fingerprint density at radius 2 is 1.86 bits per heavy atom. The summed E-state index contributed by atoms with van der Waals surface area (Å²) in [6, 6.07) is 14.1. The van der Waals surface area contributed by atoms with Crippen LogP contribution in [0.25, 0.3) is 11.1 Å². The van der Waals surface area contributed by atoms with Gasteiger partial charge >= 0.3 is 12.1 Å². The van der Waals surface area contributed by atoms with Crippen LogP contribution < -0.4 is 5.32 Å². The zero-order valence-corrected chi connectivity index (χ0v) is 16.1. The summed E-state index contributed by atoms with van der Waals surface area (Å²) in [5.74, 6) is -0.532. The number of alkyl carbamates (subject to hydrolysis) is 1. The first-order valence-corrected chi connectivity index (χ1v) is 9.23. The molecule has 0 bridgehead atoms. The molecule has 0 spiro atoms. The zero-order chi connectivity index (χ0) is 20.4. The number of benzene rings is 2. The van der Waals surface area contributed by atoms with E-state index in [0.29, 0.717) is 12.2 Å². The van der Waals surface area contributed by atoms with Crippen molar-refractivity contribution in [3.8, 4) is 11.1 Å². The predicted octanol–water partition coefficient (Wildman–Crippen LogP) is 3.78. The minimum absolute atomic E-state index is 0.282. The van der Waals surface area contributed by atoms with Crippen LogP contribution >= 0.6 is 0 Å². The van der Waals surface area contributed by atoms with E-state index in [1.807, 2.05) is 49.4 Å². The summed E-state index contributed by atoms with van der Waals surface area (Å²) in [6.45, 7) is 2.31. The van der Waals surface area contributed by atoms with Gasteiger partial charge in [-0.2, -0.15) is 0 Å². The minimum Gasteiger partial charge on any atom is -0.467 e. The molecule has 0 saturated carbocycles. The number of carbonyl (C=O) groups excluding carboxylic acids is 3. The van der Waals surface area contributed by atoms with Gasteiger partial charge in [-0.15, -0.1) is 0 Å². The molecule has 0 aliphatic carbocycles. The van der Waals surface area contributed by atoms with Crippen LogP contribution in [0.1, 0.15) is 35.7 Å². The van der Waals surface area contributed by atoms with Crippen molar-refractivity contribution in [2.75, 3.05) is 13.7 Å². The lowest BCUT2D eigenvalue weighted by Gasteiger charge is -2.16. The maximum atomic E-state index is 12.0. The van der Waals surface area contributed by atoms with Crippen LogP contribution in [-0.4, -0.2) is 38.1 Å². The van der Waals surface area contributed by atoms with Crippen molar-refractivity contribution in [1.29, 1.82) is 0 Å². The molecule has 1 amide bonds. The zero-order valence-electron chi connectivity index (χ0n) is 16.1. The molecule has 0 heterocycles. The van der Waals surface area contributed by atoms with Gasteiger partial charge < -0.3 is 14.8 Å². The Bertz CT molecular complexity index is 801. The van der Waals surface area contributed by atoms with E-state index in [9.17, 15) is 14.4 Å². The largest absolute Gasteiger partial charge is 0.467 e. The van der Waals surface area contributed by atoms with E-state index in [0.717, 1.165) is 35.8 Å². The molecule has 2 rings (SSSR count). The predicted molar refractivity (Wildman–Crippen MR) is 106 cm³/mol. The molecule has 0 aliphatic heterocycles. The molecule has 0 aromatic heterocycles. The smallest absolute Gasteiger partial charge is 0.407 e. The van der Waals surface area contributed by atoms with Crippen molar-refractivity contribution in [2.45, 2.75) is 32.2 Å². The van der Waals surface area contributed by atoms with Gasteiger partial charge in [0.25, 0.3) is 0 Å². The van der Waals surface area contributed by atoms with Gasteiger partial charge in [0.05, 0.1) is 13.7 Å². The third kappa shape index (κ3) is 6.23. The molecule has 0 aliphatic rings. The van der Waals surface area contributed by atoms with Crippen molar-refractivity contribution in [1.82, 2.24) is 5.32 Å². The SMILES string of the molecule is CCCCOC(=O)NC(Cc1ccc(-c2cccc(C=O)c2)cc1)C(=O)OC. The Hall–Kier alpha value is -3.15. The molecule has 148 valence electrons. The van der Waals surface area contributed by atoms with Gasteiger partial charge in [-0.25, -0.2) is 9.59 Å². The highest BCUT2D eigenvalue weighted by molar-refractivity contribution is 5.82. The Kier molecular flexibility index (Phi) is 8.21. The van der Waals surface area contributed by atoms with E-state index < -0.39 is 18.1 Å². The van der Waals surface area contributed by atoms with Crippen LogP contribution in [0.5, 0.6) is 0 Å². The van der Waals surface area contributed by atoms with Crippen molar-refractivity contribution in [3.05, 3.63) is 59.7 Å². The number of nitrogens with one attached hydrogen (secondary N) is 1. The summed E-state index contributed by atoms with van der Waals surface area (Å²) < 4.78 is 9.85. The number of unbranched alkanes of at least 4 members (excludes halogenated alkanes) is 1. The summed E-state index contributed by atoms with van der Waals surface area (Å²) in [7, 11) is 1.28. The van der Waals surface area contributed by atoms with Gasteiger partial charge in [0.1, 0.15) is 12.3 Å². The van der Waals surface area contributed by atoms with Gasteiger partial charge in [0.15, 0.2) is 0 Å². The topological polar surface area (TPSA) is 81.7 Å². The molecule has 6 heteroatoms. The molecule has 28 heavy (non-hydrogen) atoms. The third-order valence-electron chi connectivity index (χ3n) is 4.26. The number of amides is 1. The maximum Gasteiger partial charge on any atom is 0.407 e. The van der Waals surface area contributed by atoms with Crippen LogP contribution in [0.2, 0.25) is 0 Å². The number of rotatable bonds is 9. The van der Waals surface area contributed by atoms with Crippen LogP contribution in [-0.2, 0) is 20.7 Å². The van der Waals surface area contributed by atoms with E-state index in [4.69, 9.17) is 9.47 Å². The monoisotopic (exact) mass is 383 g/mol. The molecule has 0 fully saturated rings. The van der Waals surface area contributed by atoms with Crippen LogP contribution in [0.3, 0.4) is 0 Å². The van der Waals surface area contributed by atoms with Gasteiger partial charge in [0.2, 0.25) is 0 Å². The molecule has 0 saturated heterocycles. The molecule has 1 atom stereocenters. The number of carbonyl (C=O) groups is 3. The molecule has 1 N–H and O–H groups in total. The van der Waals surface area contributed by atoms with E-state index in [-0.39, 0.29) is 6.42 Å². The fraction of sp³-hybridized carbons (Fsp3) is 0.318. The quantitative estimate of drug-likeness (QED) is 0.405. The maximum absolute atomic E-state index is 12.0. The second kappa shape index (κ2) is 10.9. The Labute approximate surface area is 164 Å². The molecular formula is C22H25NO5. The summed E-state index contributed by atoms with van der Waals surface area (Å²) in [4.78, 5) is 34.8.